The van der Waals surface area contributed by atoms with E-state index < -0.39 is 28.8 Å². The molecule has 0 fully saturated rings. The second kappa shape index (κ2) is 9.88. The Labute approximate surface area is 184 Å². The van der Waals surface area contributed by atoms with E-state index in [9.17, 15) is 24.2 Å². The summed E-state index contributed by atoms with van der Waals surface area (Å²) in [7, 11) is 0. The Kier molecular flexibility index (Phi) is 7.22. The van der Waals surface area contributed by atoms with Gasteiger partial charge in [0.2, 0.25) is 0 Å². The van der Waals surface area contributed by atoms with Gasteiger partial charge in [-0.25, -0.2) is 4.39 Å². The molecule has 3 aromatic rings. The van der Waals surface area contributed by atoms with Gasteiger partial charge in [-0.3, -0.25) is 14.6 Å². The number of pyridine rings is 2. The molecule has 5 N–H and O–H groups in total. The first-order valence-electron chi connectivity index (χ1n) is 10.4. The molecule has 0 saturated carbocycles. The Morgan fingerprint density at radius 3 is 2.53 bits per heavy atom. The van der Waals surface area contributed by atoms with Crippen LogP contribution >= 0.6 is 0 Å². The van der Waals surface area contributed by atoms with Crippen molar-refractivity contribution in [1.29, 1.82) is 0 Å². The highest BCUT2D eigenvalue weighted by atomic mass is 19.1. The van der Waals surface area contributed by atoms with Crippen LogP contribution in [0.25, 0.3) is 11.0 Å². The average Bonchev–Trinajstić information content (AvgIpc) is 2.74. The summed E-state index contributed by atoms with van der Waals surface area (Å²) in [6.07, 6.45) is 1.98. The standard InChI is InChI=1S/C23H27FN4O4/c1-13(2)18(12-29)28(8-7-25)23(32)19-21(30)20-17(27-22(19)31)10-15(11-26-20)9-14-3-5-16(24)6-4-14/h3-6,10-11,13,18,29H,7-9,12,25H2,1-2H3,(H2,27,30,31). The number of hydrogen-bond donors (Lipinski definition) is 4. The number of halogens is 1. The first-order valence-corrected chi connectivity index (χ1v) is 10.4. The Morgan fingerprint density at radius 2 is 1.94 bits per heavy atom. The number of amides is 1. The van der Waals surface area contributed by atoms with E-state index >= 15 is 0 Å². The number of aliphatic hydroxyl groups is 1. The number of fused-ring (bicyclic) bond motifs is 1. The van der Waals surface area contributed by atoms with Crippen molar-refractivity contribution in [2.75, 3.05) is 19.7 Å². The highest BCUT2D eigenvalue weighted by molar-refractivity contribution is 6.01. The molecule has 1 aromatic carbocycles. The lowest BCUT2D eigenvalue weighted by atomic mass is 10.0. The minimum Gasteiger partial charge on any atom is -0.505 e. The zero-order valence-corrected chi connectivity index (χ0v) is 18.0. The zero-order valence-electron chi connectivity index (χ0n) is 18.0. The van der Waals surface area contributed by atoms with Crippen molar-refractivity contribution in [3.63, 3.8) is 0 Å². The summed E-state index contributed by atoms with van der Waals surface area (Å²) in [5, 5.41) is 20.5. The van der Waals surface area contributed by atoms with Gasteiger partial charge in [-0.1, -0.05) is 26.0 Å². The van der Waals surface area contributed by atoms with Crippen molar-refractivity contribution in [2.45, 2.75) is 26.3 Å². The predicted octanol–water partition coefficient (Wildman–Crippen LogP) is 1.78. The van der Waals surface area contributed by atoms with Gasteiger partial charge in [0.1, 0.15) is 16.9 Å². The quantitative estimate of drug-likeness (QED) is 0.420. The van der Waals surface area contributed by atoms with Crippen LogP contribution in [0.4, 0.5) is 4.39 Å². The predicted molar refractivity (Wildman–Crippen MR) is 119 cm³/mol. The molecule has 0 spiro atoms. The van der Waals surface area contributed by atoms with Crippen LogP contribution < -0.4 is 11.3 Å². The lowest BCUT2D eigenvalue weighted by Crippen LogP contribution is -2.49. The number of H-pyrrole nitrogens is 1. The summed E-state index contributed by atoms with van der Waals surface area (Å²) < 4.78 is 13.1. The molecule has 0 aliphatic heterocycles. The number of aromatic hydroxyl groups is 1. The Bertz CT molecular complexity index is 1160. The average molecular weight is 442 g/mol. The molecular weight excluding hydrogens is 415 g/mol. The number of nitrogens with one attached hydrogen (secondary N) is 1. The van der Waals surface area contributed by atoms with Crippen molar-refractivity contribution in [2.24, 2.45) is 11.7 Å². The third-order valence-corrected chi connectivity index (χ3v) is 5.40. The molecule has 0 radical (unpaired) electrons. The van der Waals surface area contributed by atoms with Crippen LogP contribution in [-0.2, 0) is 6.42 Å². The molecule has 32 heavy (non-hydrogen) atoms. The second-order valence-electron chi connectivity index (χ2n) is 8.00. The van der Waals surface area contributed by atoms with Crippen LogP contribution in [0.1, 0.15) is 35.3 Å². The Balaban J connectivity index is 2.00. The van der Waals surface area contributed by atoms with Crippen molar-refractivity contribution in [1.82, 2.24) is 14.9 Å². The van der Waals surface area contributed by atoms with Crippen LogP contribution in [0.5, 0.6) is 5.75 Å². The smallest absolute Gasteiger partial charge is 0.265 e. The van der Waals surface area contributed by atoms with Crippen molar-refractivity contribution >= 4 is 16.9 Å². The minimum atomic E-state index is -0.761. The fraction of sp³-hybridized carbons (Fsp3) is 0.348. The summed E-state index contributed by atoms with van der Waals surface area (Å²) in [5.41, 5.74) is 6.38. The first-order chi connectivity index (χ1) is 15.3. The Hall–Kier alpha value is -3.30. The van der Waals surface area contributed by atoms with E-state index in [1.54, 1.807) is 18.2 Å². The molecule has 0 aliphatic rings. The minimum absolute atomic E-state index is 0.0774. The van der Waals surface area contributed by atoms with E-state index in [2.05, 4.69) is 9.97 Å². The van der Waals surface area contributed by atoms with Gasteiger partial charge in [-0.15, -0.1) is 0 Å². The number of nitrogens with zero attached hydrogens (tertiary/aromatic N) is 2. The molecule has 9 heteroatoms. The SMILES string of the molecule is CC(C)C(CO)N(CCN)C(=O)c1c(O)c2ncc(Cc3ccc(F)cc3)cc2[nH]c1=O. The van der Waals surface area contributed by atoms with E-state index in [1.165, 1.54) is 23.2 Å². The fourth-order valence-electron chi connectivity index (χ4n) is 3.71. The highest BCUT2D eigenvalue weighted by Crippen LogP contribution is 2.26. The molecule has 0 aliphatic carbocycles. The summed E-state index contributed by atoms with van der Waals surface area (Å²) in [6.45, 7) is 3.62. The van der Waals surface area contributed by atoms with Gasteiger partial charge in [-0.05, 0) is 41.7 Å². The second-order valence-corrected chi connectivity index (χ2v) is 8.00. The summed E-state index contributed by atoms with van der Waals surface area (Å²) in [5.74, 6) is -1.67. The molecule has 1 atom stereocenters. The van der Waals surface area contributed by atoms with E-state index in [4.69, 9.17) is 5.73 Å². The molecule has 0 saturated heterocycles. The molecule has 0 bridgehead atoms. The fourth-order valence-corrected chi connectivity index (χ4v) is 3.71. The molecule has 1 unspecified atom stereocenters. The Morgan fingerprint density at radius 1 is 1.25 bits per heavy atom. The van der Waals surface area contributed by atoms with E-state index in [0.717, 1.165) is 11.1 Å². The molecule has 3 rings (SSSR count). The molecular formula is C23H27FN4O4. The van der Waals surface area contributed by atoms with E-state index in [0.29, 0.717) is 6.42 Å². The molecule has 1 amide bonds. The lowest BCUT2D eigenvalue weighted by molar-refractivity contribution is 0.0513. The third-order valence-electron chi connectivity index (χ3n) is 5.40. The van der Waals surface area contributed by atoms with Crippen LogP contribution in [0.15, 0.2) is 41.3 Å². The van der Waals surface area contributed by atoms with Gasteiger partial charge >= 0.3 is 0 Å². The van der Waals surface area contributed by atoms with Crippen LogP contribution in [0.2, 0.25) is 0 Å². The number of aromatic amines is 1. The monoisotopic (exact) mass is 442 g/mol. The zero-order chi connectivity index (χ0) is 23.4. The molecule has 170 valence electrons. The molecule has 2 aromatic heterocycles. The third kappa shape index (κ3) is 4.79. The number of aliphatic hydroxyl groups excluding tert-OH is 1. The van der Waals surface area contributed by atoms with Crippen LogP contribution in [0, 0.1) is 11.7 Å². The largest absolute Gasteiger partial charge is 0.505 e. The number of hydrogen-bond acceptors (Lipinski definition) is 6. The first kappa shape index (κ1) is 23.4. The van der Waals surface area contributed by atoms with E-state index in [-0.39, 0.29) is 42.5 Å². The summed E-state index contributed by atoms with van der Waals surface area (Å²) in [6, 6.07) is 7.12. The summed E-state index contributed by atoms with van der Waals surface area (Å²) >= 11 is 0. The number of carbonyl (C=O) groups excluding carboxylic acids is 1. The van der Waals surface area contributed by atoms with Crippen molar-refractivity contribution in [3.05, 3.63) is 69.4 Å². The van der Waals surface area contributed by atoms with Crippen molar-refractivity contribution < 1.29 is 19.4 Å². The maximum atomic E-state index is 13.2. The van der Waals surface area contributed by atoms with Crippen LogP contribution in [0.3, 0.4) is 0 Å². The van der Waals surface area contributed by atoms with E-state index in [1.807, 2.05) is 13.8 Å². The number of rotatable bonds is 8. The molecule has 8 nitrogen and oxygen atoms in total. The maximum absolute atomic E-state index is 13.2. The van der Waals surface area contributed by atoms with Gasteiger partial charge in [0, 0.05) is 19.3 Å². The van der Waals surface area contributed by atoms with Gasteiger partial charge in [0.25, 0.3) is 11.5 Å². The van der Waals surface area contributed by atoms with Gasteiger partial charge in [-0.2, -0.15) is 0 Å². The number of aromatic nitrogens is 2. The number of carbonyl (C=O) groups is 1. The number of nitrogens with two attached hydrogens (primary N) is 1. The van der Waals surface area contributed by atoms with Crippen molar-refractivity contribution in [3.8, 4) is 5.75 Å². The lowest BCUT2D eigenvalue weighted by Gasteiger charge is -2.33. The van der Waals surface area contributed by atoms with Crippen LogP contribution in [-0.4, -0.2) is 56.7 Å². The van der Waals surface area contributed by atoms with Gasteiger partial charge < -0.3 is 25.8 Å². The highest BCUT2D eigenvalue weighted by Gasteiger charge is 2.30. The normalized spacial score (nSPS) is 12.3. The topological polar surface area (TPSA) is 133 Å². The number of benzene rings is 1. The summed E-state index contributed by atoms with van der Waals surface area (Å²) in [4.78, 5) is 34.1. The van der Waals surface area contributed by atoms with Gasteiger partial charge in [0.15, 0.2) is 5.75 Å². The maximum Gasteiger partial charge on any atom is 0.265 e. The molecule has 2 heterocycles. The van der Waals surface area contributed by atoms with Gasteiger partial charge in [0.05, 0.1) is 18.2 Å².